The van der Waals surface area contributed by atoms with Crippen molar-refractivity contribution in [3.63, 3.8) is 0 Å². The van der Waals surface area contributed by atoms with E-state index in [4.69, 9.17) is 15.2 Å². The van der Waals surface area contributed by atoms with Crippen molar-refractivity contribution in [2.24, 2.45) is 5.73 Å². The van der Waals surface area contributed by atoms with Gasteiger partial charge < -0.3 is 20.5 Å². The van der Waals surface area contributed by atoms with Gasteiger partial charge in [0.05, 0.1) is 30.5 Å². The lowest BCUT2D eigenvalue weighted by atomic mass is 10.2. The number of hydrogen-bond donors (Lipinski definition) is 2. The molecule has 0 spiro atoms. The number of alkyl halides is 2. The van der Waals surface area contributed by atoms with Gasteiger partial charge in [0.25, 0.3) is 11.8 Å². The number of halogens is 2. The molecule has 0 radical (unpaired) electrons. The average molecular weight is 360 g/mol. The highest BCUT2D eigenvalue weighted by Crippen LogP contribution is 2.35. The summed E-state index contributed by atoms with van der Waals surface area (Å²) in [5.41, 5.74) is 5.53. The van der Waals surface area contributed by atoms with E-state index in [9.17, 15) is 13.6 Å². The first-order valence-corrected chi connectivity index (χ1v) is 7.83. The molecular formula is C14H18F2N4O3S. The van der Waals surface area contributed by atoms with E-state index in [0.717, 1.165) is 11.3 Å². The minimum atomic E-state index is -3.15. The molecule has 2 aromatic heterocycles. The molecule has 10 heteroatoms. The summed E-state index contributed by atoms with van der Waals surface area (Å²) >= 11 is 1.08. The van der Waals surface area contributed by atoms with Crippen molar-refractivity contribution in [2.45, 2.75) is 19.5 Å². The average Bonchev–Trinajstić information content (AvgIpc) is 2.89. The molecule has 24 heavy (non-hydrogen) atoms. The topological polar surface area (TPSA) is 99.4 Å². The van der Waals surface area contributed by atoms with Crippen molar-refractivity contribution in [3.8, 4) is 5.88 Å². The number of methoxy groups -OCH3 is 2. The summed E-state index contributed by atoms with van der Waals surface area (Å²) in [7, 11) is 2.97. The van der Waals surface area contributed by atoms with Gasteiger partial charge in [-0.1, -0.05) is 0 Å². The van der Waals surface area contributed by atoms with Crippen molar-refractivity contribution in [2.75, 3.05) is 27.3 Å². The number of rotatable bonds is 7. The van der Waals surface area contributed by atoms with Gasteiger partial charge in [-0.25, -0.2) is 13.8 Å². The standard InChI is InChI=1S/C14H18F2N4O3S/c1-7-9-12(23-3)19-8(4-22-2)20-13(9)24-10(7)11(21)18-6-14(15,16)5-17/h4-6,17H2,1-3H3,(H,18,21). The Morgan fingerprint density at radius 1 is 1.38 bits per heavy atom. The number of thiophene rings is 1. The molecule has 0 aliphatic rings. The first kappa shape index (κ1) is 18.4. The second-order valence-corrected chi connectivity index (χ2v) is 6.06. The number of aromatic nitrogens is 2. The SMILES string of the molecule is COCc1nc(OC)c2c(C)c(C(=O)NCC(F)(F)CN)sc2n1. The molecule has 1 amide bonds. The molecule has 2 heterocycles. The number of aryl methyl sites for hydroxylation is 1. The lowest BCUT2D eigenvalue weighted by Gasteiger charge is -2.14. The molecule has 0 saturated heterocycles. The molecule has 0 aromatic carbocycles. The highest BCUT2D eigenvalue weighted by Gasteiger charge is 2.28. The Morgan fingerprint density at radius 3 is 2.67 bits per heavy atom. The number of fused-ring (bicyclic) bond motifs is 1. The third-order valence-electron chi connectivity index (χ3n) is 3.28. The van der Waals surface area contributed by atoms with Crippen LogP contribution in [0.3, 0.4) is 0 Å². The molecule has 0 aliphatic heterocycles. The van der Waals surface area contributed by atoms with Gasteiger partial charge in [-0.15, -0.1) is 11.3 Å². The molecule has 0 atom stereocenters. The van der Waals surface area contributed by atoms with E-state index in [1.165, 1.54) is 14.2 Å². The molecule has 0 saturated carbocycles. The van der Waals surface area contributed by atoms with Crippen LogP contribution in [0.25, 0.3) is 10.2 Å². The Balaban J connectivity index is 2.38. The smallest absolute Gasteiger partial charge is 0.277 e. The molecule has 2 aromatic rings. The second-order valence-electron chi connectivity index (χ2n) is 5.06. The van der Waals surface area contributed by atoms with E-state index in [0.29, 0.717) is 27.5 Å². The van der Waals surface area contributed by atoms with Crippen molar-refractivity contribution >= 4 is 27.5 Å². The van der Waals surface area contributed by atoms with Crippen LogP contribution in [0.2, 0.25) is 0 Å². The van der Waals surface area contributed by atoms with Gasteiger partial charge in [0.2, 0.25) is 5.88 Å². The lowest BCUT2D eigenvalue weighted by molar-refractivity contribution is 0.0119. The second kappa shape index (κ2) is 7.32. The molecule has 0 bridgehead atoms. The molecule has 2 rings (SSSR count). The zero-order valence-electron chi connectivity index (χ0n) is 13.5. The number of nitrogens with one attached hydrogen (secondary N) is 1. The Bertz CT molecular complexity index is 751. The van der Waals surface area contributed by atoms with Crippen molar-refractivity contribution in [1.82, 2.24) is 15.3 Å². The number of nitrogens with two attached hydrogens (primary N) is 1. The highest BCUT2D eigenvalue weighted by molar-refractivity contribution is 7.20. The van der Waals surface area contributed by atoms with Gasteiger partial charge in [-0.3, -0.25) is 4.79 Å². The van der Waals surface area contributed by atoms with Crippen LogP contribution in [0.1, 0.15) is 21.1 Å². The summed E-state index contributed by atoms with van der Waals surface area (Å²) in [6.45, 7) is 0.219. The lowest BCUT2D eigenvalue weighted by Crippen LogP contribution is -2.41. The zero-order chi connectivity index (χ0) is 17.9. The van der Waals surface area contributed by atoms with Crippen LogP contribution in [-0.4, -0.2) is 49.1 Å². The zero-order valence-corrected chi connectivity index (χ0v) is 14.3. The van der Waals surface area contributed by atoms with Crippen molar-refractivity contribution in [1.29, 1.82) is 0 Å². The highest BCUT2D eigenvalue weighted by atomic mass is 32.1. The third kappa shape index (κ3) is 3.77. The number of hydrogen-bond acceptors (Lipinski definition) is 7. The quantitative estimate of drug-likeness (QED) is 0.776. The number of carbonyl (C=O) groups excluding carboxylic acids is 1. The number of ether oxygens (including phenoxy) is 2. The fraction of sp³-hybridized carbons (Fsp3) is 0.500. The summed E-state index contributed by atoms with van der Waals surface area (Å²) in [5, 5.41) is 2.78. The molecule has 0 unspecified atom stereocenters. The minimum Gasteiger partial charge on any atom is -0.480 e. The summed E-state index contributed by atoms with van der Waals surface area (Å²) < 4.78 is 36.6. The minimum absolute atomic E-state index is 0.188. The van der Waals surface area contributed by atoms with Crippen LogP contribution < -0.4 is 15.8 Å². The Morgan fingerprint density at radius 2 is 2.08 bits per heavy atom. The van der Waals surface area contributed by atoms with Gasteiger partial charge in [-0.05, 0) is 12.5 Å². The Hall–Kier alpha value is -1.91. The van der Waals surface area contributed by atoms with Crippen LogP contribution >= 0.6 is 11.3 Å². The van der Waals surface area contributed by atoms with Crippen LogP contribution in [-0.2, 0) is 11.3 Å². The largest absolute Gasteiger partial charge is 0.480 e. The molecule has 3 N–H and O–H groups in total. The van der Waals surface area contributed by atoms with Crippen molar-refractivity contribution in [3.05, 3.63) is 16.3 Å². The van der Waals surface area contributed by atoms with Crippen LogP contribution in [0.15, 0.2) is 0 Å². The summed E-state index contributed by atoms with van der Waals surface area (Å²) in [5.74, 6) is -3.04. The first-order valence-electron chi connectivity index (χ1n) is 7.02. The normalized spacial score (nSPS) is 11.8. The maximum Gasteiger partial charge on any atom is 0.277 e. The summed E-state index contributed by atoms with van der Waals surface area (Å²) in [6.07, 6.45) is 0. The number of carbonyl (C=O) groups is 1. The van der Waals surface area contributed by atoms with E-state index in [1.54, 1.807) is 6.92 Å². The number of nitrogens with zero attached hydrogens (tertiary/aromatic N) is 2. The van der Waals surface area contributed by atoms with E-state index in [1.807, 2.05) is 0 Å². The van der Waals surface area contributed by atoms with E-state index < -0.39 is 24.9 Å². The van der Waals surface area contributed by atoms with Crippen molar-refractivity contribution < 1.29 is 23.0 Å². The third-order valence-corrected chi connectivity index (χ3v) is 4.47. The summed E-state index contributed by atoms with van der Waals surface area (Å²) in [4.78, 5) is 21.6. The van der Waals surface area contributed by atoms with Gasteiger partial charge >= 0.3 is 0 Å². The summed E-state index contributed by atoms with van der Waals surface area (Å²) in [6, 6.07) is 0. The maximum absolute atomic E-state index is 13.2. The predicted molar refractivity (Wildman–Crippen MR) is 85.8 cm³/mol. The van der Waals surface area contributed by atoms with E-state index in [-0.39, 0.29) is 11.5 Å². The van der Waals surface area contributed by atoms with Crippen LogP contribution in [0.5, 0.6) is 5.88 Å². The molecule has 7 nitrogen and oxygen atoms in total. The van der Waals surface area contributed by atoms with Gasteiger partial charge in [0, 0.05) is 7.11 Å². The molecular weight excluding hydrogens is 342 g/mol. The fourth-order valence-corrected chi connectivity index (χ4v) is 3.17. The molecule has 0 aliphatic carbocycles. The number of amides is 1. The maximum atomic E-state index is 13.2. The van der Waals surface area contributed by atoms with Crippen LogP contribution in [0, 0.1) is 6.92 Å². The Kier molecular flexibility index (Phi) is 5.62. The van der Waals surface area contributed by atoms with Gasteiger partial charge in [-0.2, -0.15) is 4.98 Å². The predicted octanol–water partition coefficient (Wildman–Crippen LogP) is 1.48. The monoisotopic (exact) mass is 360 g/mol. The van der Waals surface area contributed by atoms with E-state index >= 15 is 0 Å². The first-order chi connectivity index (χ1) is 11.3. The molecule has 0 fully saturated rings. The molecule has 132 valence electrons. The van der Waals surface area contributed by atoms with Crippen LogP contribution in [0.4, 0.5) is 8.78 Å². The van der Waals surface area contributed by atoms with E-state index in [2.05, 4.69) is 15.3 Å². The fourth-order valence-electron chi connectivity index (χ4n) is 2.06. The van der Waals surface area contributed by atoms with Gasteiger partial charge in [0.1, 0.15) is 11.4 Å². The Labute approximate surface area is 141 Å². The van der Waals surface area contributed by atoms with Gasteiger partial charge in [0.15, 0.2) is 5.82 Å².